The molecule has 0 spiro atoms. The largest absolute Gasteiger partial charge is 0.371 e. The minimum absolute atomic E-state index is 0.216. The molecular weight excluding hydrogens is 568 g/mol. The first-order valence-electron chi connectivity index (χ1n) is 16.7. The van der Waals surface area contributed by atoms with Crippen LogP contribution >= 0.6 is 0 Å². The second-order valence-electron chi connectivity index (χ2n) is 13.7. The van der Waals surface area contributed by atoms with E-state index in [1.165, 1.54) is 61.6 Å². The molecule has 236 valence electrons. The van der Waals surface area contributed by atoms with E-state index in [-0.39, 0.29) is 10.3 Å². The fraction of sp³-hybridized carbons (Fsp3) is 0.571. The summed E-state index contributed by atoms with van der Waals surface area (Å²) in [6.45, 7) is 11.0. The molecule has 4 heterocycles. The van der Waals surface area contributed by atoms with Crippen LogP contribution in [0.25, 0.3) is 0 Å². The van der Waals surface area contributed by atoms with Crippen LogP contribution in [-0.2, 0) is 28.8 Å². The van der Waals surface area contributed by atoms with Crippen molar-refractivity contribution in [1.29, 1.82) is 0 Å². The highest BCUT2D eigenvalue weighted by atomic mass is 32.2. The zero-order valence-electron chi connectivity index (χ0n) is 26.3. The van der Waals surface area contributed by atoms with Gasteiger partial charge in [0.25, 0.3) is 0 Å². The Kier molecular flexibility index (Phi) is 8.33. The number of nitrogens with zero attached hydrogens (tertiary/aromatic N) is 4. The number of benzene rings is 2. The Labute approximate surface area is 263 Å². The van der Waals surface area contributed by atoms with Crippen LogP contribution < -0.4 is 15.5 Å². The van der Waals surface area contributed by atoms with E-state index in [9.17, 15) is 8.42 Å². The zero-order chi connectivity index (χ0) is 30.3. The number of rotatable bonds is 9. The van der Waals surface area contributed by atoms with Gasteiger partial charge in [0.05, 0.1) is 11.1 Å². The third-order valence-electron chi connectivity index (χ3n) is 11.2. The van der Waals surface area contributed by atoms with E-state index >= 15 is 0 Å². The van der Waals surface area contributed by atoms with Crippen LogP contribution in [0.15, 0.2) is 70.7 Å². The van der Waals surface area contributed by atoms with Crippen molar-refractivity contribution >= 4 is 15.5 Å². The van der Waals surface area contributed by atoms with E-state index in [4.69, 9.17) is 0 Å². The number of anilines is 1. The van der Waals surface area contributed by atoms with E-state index in [1.54, 1.807) is 30.9 Å². The molecule has 8 nitrogen and oxygen atoms in total. The number of aryl methyl sites for hydroxylation is 1. The van der Waals surface area contributed by atoms with E-state index in [1.807, 2.05) is 12.1 Å². The summed E-state index contributed by atoms with van der Waals surface area (Å²) in [5, 5.41) is 11.8. The molecule has 1 saturated carbocycles. The van der Waals surface area contributed by atoms with Crippen molar-refractivity contribution < 1.29 is 8.42 Å². The highest BCUT2D eigenvalue weighted by Crippen LogP contribution is 2.52. The number of fused-ring (bicyclic) bond motifs is 1. The van der Waals surface area contributed by atoms with Gasteiger partial charge in [0.1, 0.15) is 4.90 Å². The van der Waals surface area contributed by atoms with E-state index in [0.29, 0.717) is 28.7 Å². The van der Waals surface area contributed by atoms with Gasteiger partial charge in [0.2, 0.25) is 9.84 Å². The summed E-state index contributed by atoms with van der Waals surface area (Å²) in [5.41, 5.74) is 4.47. The predicted molar refractivity (Wildman–Crippen MR) is 175 cm³/mol. The van der Waals surface area contributed by atoms with Crippen LogP contribution in [0.4, 0.5) is 5.69 Å². The number of hydrogen-bond donors (Lipinski definition) is 2. The average Bonchev–Trinajstić information content (AvgIpc) is 3.69. The Balaban J connectivity index is 0.973. The lowest BCUT2D eigenvalue weighted by molar-refractivity contribution is 0.0619. The number of piperidine rings is 1. The van der Waals surface area contributed by atoms with Gasteiger partial charge in [-0.05, 0) is 92.5 Å². The highest BCUT2D eigenvalue weighted by Gasteiger charge is 2.52. The second kappa shape index (κ2) is 12.2. The zero-order valence-corrected chi connectivity index (χ0v) is 27.1. The molecule has 3 fully saturated rings. The molecule has 1 aliphatic carbocycles. The minimum Gasteiger partial charge on any atom is -0.371 e. The first kappa shape index (κ1) is 30.0. The Hall–Kier alpha value is -2.72. The molecule has 3 aliphatic heterocycles. The smallest absolute Gasteiger partial charge is 0.209 e. The van der Waals surface area contributed by atoms with E-state index < -0.39 is 9.84 Å². The summed E-state index contributed by atoms with van der Waals surface area (Å²) in [6, 6.07) is 17.3. The molecule has 4 aliphatic rings. The van der Waals surface area contributed by atoms with Gasteiger partial charge in [-0.1, -0.05) is 37.6 Å². The molecular formula is C35H48N6O2S. The quantitative estimate of drug-likeness (QED) is 0.373. The maximum absolute atomic E-state index is 12.9. The molecule has 0 amide bonds. The van der Waals surface area contributed by atoms with Crippen molar-refractivity contribution in [2.24, 2.45) is 24.8 Å². The summed E-state index contributed by atoms with van der Waals surface area (Å²) < 4.78 is 27.4. The van der Waals surface area contributed by atoms with E-state index in [2.05, 4.69) is 56.7 Å². The number of hydrogen-bond acceptors (Lipinski definition) is 7. The fourth-order valence-electron chi connectivity index (χ4n) is 9.11. The van der Waals surface area contributed by atoms with Crippen LogP contribution in [0.3, 0.4) is 0 Å². The SMILES string of the molecule is CCN[C@H]1CCC[C@@H]1C1(C2CCN(CC3CN(c4ccc(S(=O)(=O)c5cnn(C)c5)cc4)C3)CC2)CNCc2ccccc21. The van der Waals surface area contributed by atoms with Crippen LogP contribution in [0.2, 0.25) is 0 Å². The number of sulfone groups is 1. The maximum atomic E-state index is 12.9. The van der Waals surface area contributed by atoms with Crippen molar-refractivity contribution in [1.82, 2.24) is 25.3 Å². The Morgan fingerprint density at radius 2 is 1.77 bits per heavy atom. The summed E-state index contributed by atoms with van der Waals surface area (Å²) in [5.74, 6) is 2.06. The van der Waals surface area contributed by atoms with Crippen molar-refractivity contribution in [2.45, 2.75) is 66.8 Å². The number of likely N-dealkylation sites (tertiary alicyclic amines) is 1. The van der Waals surface area contributed by atoms with Crippen LogP contribution in [-0.4, -0.2) is 75.0 Å². The predicted octanol–water partition coefficient (Wildman–Crippen LogP) is 4.22. The monoisotopic (exact) mass is 616 g/mol. The summed E-state index contributed by atoms with van der Waals surface area (Å²) >= 11 is 0. The van der Waals surface area contributed by atoms with Gasteiger partial charge in [0.15, 0.2) is 0 Å². The third-order valence-corrected chi connectivity index (χ3v) is 12.9. The lowest BCUT2D eigenvalue weighted by Gasteiger charge is -2.53. The molecule has 2 saturated heterocycles. The second-order valence-corrected chi connectivity index (χ2v) is 15.6. The van der Waals surface area contributed by atoms with Gasteiger partial charge >= 0.3 is 0 Å². The van der Waals surface area contributed by atoms with Crippen molar-refractivity contribution in [3.05, 3.63) is 72.1 Å². The van der Waals surface area contributed by atoms with Crippen LogP contribution in [0.5, 0.6) is 0 Å². The average molecular weight is 617 g/mol. The Bertz CT molecular complexity index is 1540. The van der Waals surface area contributed by atoms with Gasteiger partial charge in [-0.25, -0.2) is 8.42 Å². The Morgan fingerprint density at radius 1 is 1.00 bits per heavy atom. The van der Waals surface area contributed by atoms with Crippen molar-refractivity contribution in [3.8, 4) is 0 Å². The van der Waals surface area contributed by atoms with Crippen molar-refractivity contribution in [2.75, 3.05) is 50.7 Å². The van der Waals surface area contributed by atoms with Crippen molar-refractivity contribution in [3.63, 3.8) is 0 Å². The topological polar surface area (TPSA) is 82.5 Å². The molecule has 3 atom stereocenters. The molecule has 0 radical (unpaired) electrons. The summed E-state index contributed by atoms with van der Waals surface area (Å²) in [6.07, 6.45) is 9.48. The maximum Gasteiger partial charge on any atom is 0.209 e. The van der Waals surface area contributed by atoms with Gasteiger partial charge in [-0.3, -0.25) is 4.68 Å². The summed E-state index contributed by atoms with van der Waals surface area (Å²) in [7, 11) is -1.81. The first-order valence-corrected chi connectivity index (χ1v) is 18.2. The molecule has 3 aromatic rings. The molecule has 44 heavy (non-hydrogen) atoms. The lowest BCUT2D eigenvalue weighted by Crippen LogP contribution is -2.59. The molecule has 0 bridgehead atoms. The molecule has 1 unspecified atom stereocenters. The van der Waals surface area contributed by atoms with Crippen LogP contribution in [0, 0.1) is 17.8 Å². The van der Waals surface area contributed by atoms with Crippen LogP contribution in [0.1, 0.15) is 50.2 Å². The molecule has 1 aromatic heterocycles. The van der Waals surface area contributed by atoms with Gasteiger partial charge in [0, 0.05) is 69.0 Å². The third kappa shape index (κ3) is 5.40. The number of nitrogens with one attached hydrogen (secondary N) is 2. The number of aromatic nitrogens is 2. The highest BCUT2D eigenvalue weighted by molar-refractivity contribution is 7.91. The fourth-order valence-corrected chi connectivity index (χ4v) is 10.4. The lowest BCUT2D eigenvalue weighted by atomic mass is 9.56. The molecule has 9 heteroatoms. The first-order chi connectivity index (χ1) is 21.4. The standard InChI is InChI=1S/C35H48N6O2S/c1-3-37-34-10-6-9-33(34)35(25-36-19-27-7-4-5-8-32(27)35)28-15-17-40(18-16-28)21-26-22-41(23-26)29-11-13-30(14-12-29)44(42,43)31-20-38-39(2)24-31/h4-5,7-8,11-14,20,24,26,28,33-34,36-37H,3,6,9-10,15-19,21-23,25H2,1-2H3/t33-,34-,35?/m0/s1. The van der Waals surface area contributed by atoms with E-state index in [0.717, 1.165) is 45.0 Å². The molecule has 2 N–H and O–H groups in total. The Morgan fingerprint density at radius 3 is 2.50 bits per heavy atom. The minimum atomic E-state index is -3.54. The normalized spacial score (nSPS) is 26.9. The van der Waals surface area contributed by atoms with Gasteiger partial charge in [-0.2, -0.15) is 5.10 Å². The molecule has 2 aromatic carbocycles. The molecule has 7 rings (SSSR count). The summed E-state index contributed by atoms with van der Waals surface area (Å²) in [4.78, 5) is 5.64. The van der Waals surface area contributed by atoms with Gasteiger partial charge < -0.3 is 20.4 Å². The van der Waals surface area contributed by atoms with Gasteiger partial charge in [-0.15, -0.1) is 0 Å².